The van der Waals surface area contributed by atoms with Gasteiger partial charge in [-0.15, -0.1) is 0 Å². The van der Waals surface area contributed by atoms with Crippen molar-refractivity contribution in [2.45, 2.75) is 63.7 Å². The van der Waals surface area contributed by atoms with Crippen molar-refractivity contribution >= 4 is 10.0 Å². The Labute approximate surface area is 106 Å². The molecule has 0 aromatic heterocycles. The van der Waals surface area contributed by atoms with E-state index in [-0.39, 0.29) is 10.8 Å². The Balaban J connectivity index is 3.05. The molecule has 0 atom stereocenters. The van der Waals surface area contributed by atoms with Gasteiger partial charge in [0.25, 0.3) is 0 Å². The number of hydrogen-bond acceptors (Lipinski definition) is 3. The molecule has 2 N–H and O–H groups in total. The summed E-state index contributed by atoms with van der Waals surface area (Å²) in [6, 6.07) is 0. The highest BCUT2D eigenvalue weighted by molar-refractivity contribution is 7.90. The Hall–Kier alpha value is -0.130. The molecule has 0 heterocycles. The predicted molar refractivity (Wildman–Crippen MR) is 71.3 cm³/mol. The lowest BCUT2D eigenvalue weighted by Crippen LogP contribution is -2.56. The van der Waals surface area contributed by atoms with Crippen LogP contribution in [0.15, 0.2) is 0 Å². The zero-order valence-electron chi connectivity index (χ0n) is 11.3. The van der Waals surface area contributed by atoms with E-state index in [1.54, 1.807) is 4.31 Å². The summed E-state index contributed by atoms with van der Waals surface area (Å²) < 4.78 is 26.7. The Bertz CT molecular complexity index is 324. The third-order valence-electron chi connectivity index (χ3n) is 3.90. The normalized spacial score (nSPS) is 17.7. The Kier molecular flexibility index (Phi) is 4.98. The van der Waals surface area contributed by atoms with Crippen molar-refractivity contribution < 1.29 is 8.42 Å². The van der Waals surface area contributed by atoms with Crippen LogP contribution in [-0.4, -0.2) is 36.6 Å². The smallest absolute Gasteiger partial charge is 0.217 e. The van der Waals surface area contributed by atoms with Crippen molar-refractivity contribution in [1.29, 1.82) is 0 Å². The number of nitrogens with two attached hydrogens (primary N) is 1. The highest BCUT2D eigenvalue weighted by Gasteiger charge is 2.46. The lowest BCUT2D eigenvalue weighted by Gasteiger charge is -2.41. The SMILES string of the molecule is CCCN(C(CC)(CC)CN)S(=O)(=O)C1CC1. The topological polar surface area (TPSA) is 63.4 Å². The van der Waals surface area contributed by atoms with Gasteiger partial charge < -0.3 is 5.73 Å². The Morgan fingerprint density at radius 1 is 1.24 bits per heavy atom. The van der Waals surface area contributed by atoms with Crippen molar-refractivity contribution in [3.8, 4) is 0 Å². The van der Waals surface area contributed by atoms with Crippen LogP contribution < -0.4 is 5.73 Å². The van der Waals surface area contributed by atoms with E-state index < -0.39 is 10.0 Å². The van der Waals surface area contributed by atoms with E-state index in [0.717, 1.165) is 32.1 Å². The molecule has 1 aliphatic rings. The van der Waals surface area contributed by atoms with Crippen molar-refractivity contribution in [3.05, 3.63) is 0 Å². The first-order valence-electron chi connectivity index (χ1n) is 6.70. The fourth-order valence-corrected chi connectivity index (χ4v) is 4.78. The first-order valence-corrected chi connectivity index (χ1v) is 8.20. The summed E-state index contributed by atoms with van der Waals surface area (Å²) in [5, 5.41) is -0.141. The van der Waals surface area contributed by atoms with E-state index in [4.69, 9.17) is 5.73 Å². The molecule has 0 unspecified atom stereocenters. The first-order chi connectivity index (χ1) is 7.98. The maximum Gasteiger partial charge on any atom is 0.217 e. The standard InChI is InChI=1S/C12H26N2O2S/c1-4-9-14(12(5-2,6-3)10-13)17(15,16)11-7-8-11/h11H,4-10,13H2,1-3H3. The van der Waals surface area contributed by atoms with Gasteiger partial charge in [-0.25, -0.2) is 8.42 Å². The molecule has 1 fully saturated rings. The van der Waals surface area contributed by atoms with Gasteiger partial charge in [0.2, 0.25) is 10.0 Å². The predicted octanol–water partition coefficient (Wildman–Crippen LogP) is 1.71. The molecular weight excluding hydrogens is 236 g/mol. The number of hydrogen-bond donors (Lipinski definition) is 1. The second kappa shape index (κ2) is 5.67. The quantitative estimate of drug-likeness (QED) is 0.724. The van der Waals surface area contributed by atoms with E-state index in [9.17, 15) is 8.42 Å². The Morgan fingerprint density at radius 3 is 2.06 bits per heavy atom. The maximum atomic E-state index is 12.5. The maximum absolute atomic E-state index is 12.5. The highest BCUT2D eigenvalue weighted by Crippen LogP contribution is 2.36. The summed E-state index contributed by atoms with van der Waals surface area (Å²) in [6.07, 6.45) is 4.04. The molecule has 0 radical (unpaired) electrons. The Morgan fingerprint density at radius 2 is 1.76 bits per heavy atom. The molecule has 5 heteroatoms. The van der Waals surface area contributed by atoms with Crippen molar-refractivity contribution in [3.63, 3.8) is 0 Å². The molecule has 1 saturated carbocycles. The largest absolute Gasteiger partial charge is 0.329 e. The molecule has 1 aliphatic carbocycles. The van der Waals surface area contributed by atoms with E-state index in [0.29, 0.717) is 13.1 Å². The van der Waals surface area contributed by atoms with Gasteiger partial charge in [-0.3, -0.25) is 0 Å². The molecule has 17 heavy (non-hydrogen) atoms. The van der Waals surface area contributed by atoms with E-state index in [1.165, 1.54) is 0 Å². The summed E-state index contributed by atoms with van der Waals surface area (Å²) >= 11 is 0. The number of nitrogens with zero attached hydrogens (tertiary/aromatic N) is 1. The minimum atomic E-state index is -3.13. The van der Waals surface area contributed by atoms with Gasteiger partial charge in [-0.2, -0.15) is 4.31 Å². The monoisotopic (exact) mass is 262 g/mol. The van der Waals surface area contributed by atoms with Crippen LogP contribution in [0.1, 0.15) is 52.9 Å². The van der Waals surface area contributed by atoms with Gasteiger partial charge >= 0.3 is 0 Å². The van der Waals surface area contributed by atoms with Crippen LogP contribution in [0.2, 0.25) is 0 Å². The zero-order chi connectivity index (χ0) is 13.1. The van der Waals surface area contributed by atoms with Crippen molar-refractivity contribution in [1.82, 2.24) is 4.31 Å². The van der Waals surface area contributed by atoms with Crippen LogP contribution in [0, 0.1) is 0 Å². The highest BCUT2D eigenvalue weighted by atomic mass is 32.2. The van der Waals surface area contributed by atoms with Crippen LogP contribution in [0.4, 0.5) is 0 Å². The number of rotatable bonds is 8. The zero-order valence-corrected chi connectivity index (χ0v) is 12.1. The lowest BCUT2D eigenvalue weighted by atomic mass is 9.93. The molecule has 0 aromatic carbocycles. The van der Waals surface area contributed by atoms with Crippen LogP contribution >= 0.6 is 0 Å². The second-order valence-corrected chi connectivity index (χ2v) is 7.09. The summed E-state index contributed by atoms with van der Waals surface area (Å²) in [7, 11) is -3.13. The molecule has 0 aromatic rings. The molecule has 0 bridgehead atoms. The minimum Gasteiger partial charge on any atom is -0.329 e. The second-order valence-electron chi connectivity index (χ2n) is 4.95. The summed E-state index contributed by atoms with van der Waals surface area (Å²) in [5.74, 6) is 0. The molecule has 0 aliphatic heterocycles. The molecular formula is C12H26N2O2S. The fraction of sp³-hybridized carbons (Fsp3) is 1.00. The van der Waals surface area contributed by atoms with Gasteiger partial charge in [0.1, 0.15) is 0 Å². The van der Waals surface area contributed by atoms with E-state index in [2.05, 4.69) is 0 Å². The third-order valence-corrected chi connectivity index (χ3v) is 6.40. The first kappa shape index (κ1) is 14.9. The summed E-state index contributed by atoms with van der Waals surface area (Å²) in [4.78, 5) is 0. The van der Waals surface area contributed by atoms with Crippen LogP contribution in [0.25, 0.3) is 0 Å². The summed E-state index contributed by atoms with van der Waals surface area (Å²) in [5.41, 5.74) is 5.49. The molecule has 1 rings (SSSR count). The molecule has 0 saturated heterocycles. The molecule has 0 amide bonds. The van der Waals surface area contributed by atoms with E-state index >= 15 is 0 Å². The van der Waals surface area contributed by atoms with Crippen LogP contribution in [-0.2, 0) is 10.0 Å². The van der Waals surface area contributed by atoms with Crippen molar-refractivity contribution in [2.75, 3.05) is 13.1 Å². The lowest BCUT2D eigenvalue weighted by molar-refractivity contribution is 0.177. The number of sulfonamides is 1. The van der Waals surface area contributed by atoms with Gasteiger partial charge in [0, 0.05) is 18.6 Å². The van der Waals surface area contributed by atoms with Gasteiger partial charge in [0.05, 0.1) is 5.25 Å². The average Bonchev–Trinajstić information content (AvgIpc) is 3.14. The van der Waals surface area contributed by atoms with Crippen molar-refractivity contribution in [2.24, 2.45) is 5.73 Å². The molecule has 0 spiro atoms. The summed E-state index contributed by atoms with van der Waals surface area (Å²) in [6.45, 7) is 7.08. The molecule has 102 valence electrons. The van der Waals surface area contributed by atoms with Crippen LogP contribution in [0.3, 0.4) is 0 Å². The molecule has 4 nitrogen and oxygen atoms in total. The third kappa shape index (κ3) is 2.83. The minimum absolute atomic E-state index is 0.141. The van der Waals surface area contributed by atoms with Gasteiger partial charge in [0.15, 0.2) is 0 Å². The fourth-order valence-electron chi connectivity index (χ4n) is 2.38. The van der Waals surface area contributed by atoms with E-state index in [1.807, 2.05) is 20.8 Å². The van der Waals surface area contributed by atoms with Crippen LogP contribution in [0.5, 0.6) is 0 Å². The van der Waals surface area contributed by atoms with Gasteiger partial charge in [-0.05, 0) is 32.1 Å². The average molecular weight is 262 g/mol. The van der Waals surface area contributed by atoms with Gasteiger partial charge in [-0.1, -0.05) is 20.8 Å².